The molecule has 0 saturated heterocycles. The molecule has 1 N–H and O–H groups in total. The second-order valence-electron chi connectivity index (χ2n) is 5.77. The maximum atomic E-state index is 13.4. The quantitative estimate of drug-likeness (QED) is 0.581. The van der Waals surface area contributed by atoms with Crippen LogP contribution in [0.3, 0.4) is 0 Å². The third kappa shape index (κ3) is 3.29. The molecule has 8 nitrogen and oxygen atoms in total. The molecule has 1 aromatic carbocycles. The molecule has 3 heterocycles. The van der Waals surface area contributed by atoms with Crippen LogP contribution in [0.25, 0.3) is 16.9 Å². The molecule has 0 spiro atoms. The topological polar surface area (TPSA) is 90.5 Å². The summed E-state index contributed by atoms with van der Waals surface area (Å²) in [6.07, 6.45) is -0.506. The van der Waals surface area contributed by atoms with Gasteiger partial charge in [-0.1, -0.05) is 12.1 Å². The minimum Gasteiger partial charge on any atom is -0.321 e. The first-order valence-electron chi connectivity index (χ1n) is 8.06. The number of carbonyl (C=O) groups is 1. The summed E-state index contributed by atoms with van der Waals surface area (Å²) in [5, 5.41) is 6.52. The molecule has 142 valence electrons. The molecule has 3 aromatic heterocycles. The van der Waals surface area contributed by atoms with Crippen molar-refractivity contribution >= 4 is 22.6 Å². The fourth-order valence-corrected chi connectivity index (χ4v) is 2.78. The first-order valence-corrected chi connectivity index (χ1v) is 8.06. The summed E-state index contributed by atoms with van der Waals surface area (Å²) in [4.78, 5) is 24.1. The van der Waals surface area contributed by atoms with E-state index in [2.05, 4.69) is 25.4 Å². The maximum Gasteiger partial charge on any atom is 0.449 e. The molecule has 0 radical (unpaired) electrons. The van der Waals surface area contributed by atoms with Crippen molar-refractivity contribution in [2.75, 3.05) is 5.32 Å². The fraction of sp³-hybridized carbons (Fsp3) is 0.118. The number of para-hydroxylation sites is 2. The highest BCUT2D eigenvalue weighted by atomic mass is 19.4. The third-order valence-electron chi connectivity index (χ3n) is 3.91. The van der Waals surface area contributed by atoms with Crippen molar-refractivity contribution in [1.82, 2.24) is 29.3 Å². The standard InChI is InChI=1S/C17H12F3N7O/c18-17(19,20)16-25-11-4-1-2-6-13(11)26(16)8-14(28)24-12-5-3-7-22-15(12)27-10-21-9-23-27/h1-7,9-10H,8H2,(H,24,28). The number of anilines is 1. The number of imidazole rings is 1. The van der Waals surface area contributed by atoms with Crippen molar-refractivity contribution in [1.29, 1.82) is 0 Å². The summed E-state index contributed by atoms with van der Waals surface area (Å²) >= 11 is 0. The first kappa shape index (κ1) is 17.6. The summed E-state index contributed by atoms with van der Waals surface area (Å²) in [6.45, 7) is -0.568. The zero-order valence-corrected chi connectivity index (χ0v) is 14.1. The van der Waals surface area contributed by atoms with E-state index in [1.807, 2.05) is 0 Å². The van der Waals surface area contributed by atoms with E-state index >= 15 is 0 Å². The number of nitrogens with zero attached hydrogens (tertiary/aromatic N) is 6. The van der Waals surface area contributed by atoms with Crippen LogP contribution in [-0.2, 0) is 17.5 Å². The summed E-state index contributed by atoms with van der Waals surface area (Å²) in [7, 11) is 0. The van der Waals surface area contributed by atoms with Gasteiger partial charge in [0, 0.05) is 6.20 Å². The summed E-state index contributed by atoms with van der Waals surface area (Å²) in [5.41, 5.74) is 0.663. The number of fused-ring (bicyclic) bond motifs is 1. The number of aromatic nitrogens is 6. The van der Waals surface area contributed by atoms with Crippen LogP contribution in [0.2, 0.25) is 0 Å². The second kappa shape index (κ2) is 6.76. The number of amides is 1. The van der Waals surface area contributed by atoms with E-state index in [9.17, 15) is 18.0 Å². The van der Waals surface area contributed by atoms with E-state index in [-0.39, 0.29) is 16.7 Å². The Morgan fingerprint density at radius 1 is 1.14 bits per heavy atom. The van der Waals surface area contributed by atoms with Crippen molar-refractivity contribution in [3.8, 4) is 5.82 Å². The van der Waals surface area contributed by atoms with Crippen LogP contribution in [0.15, 0.2) is 55.2 Å². The molecule has 1 amide bonds. The average molecular weight is 387 g/mol. The number of benzene rings is 1. The minimum absolute atomic E-state index is 0.160. The van der Waals surface area contributed by atoms with Gasteiger partial charge in [-0.3, -0.25) is 4.79 Å². The number of halogens is 3. The minimum atomic E-state index is -4.69. The van der Waals surface area contributed by atoms with E-state index < -0.39 is 24.5 Å². The monoisotopic (exact) mass is 387 g/mol. The molecule has 0 unspecified atom stereocenters. The number of nitrogens with one attached hydrogen (secondary N) is 1. The van der Waals surface area contributed by atoms with E-state index in [0.29, 0.717) is 5.82 Å². The van der Waals surface area contributed by atoms with E-state index in [1.165, 1.54) is 35.7 Å². The Bertz CT molecular complexity index is 1140. The van der Waals surface area contributed by atoms with Gasteiger partial charge in [0.15, 0.2) is 5.82 Å². The van der Waals surface area contributed by atoms with Crippen LogP contribution in [-0.4, -0.2) is 35.2 Å². The lowest BCUT2D eigenvalue weighted by molar-refractivity contribution is -0.147. The summed E-state index contributed by atoms with van der Waals surface area (Å²) in [5.74, 6) is -1.51. The lowest BCUT2D eigenvalue weighted by atomic mass is 10.3. The predicted octanol–water partition coefficient (Wildman–Crippen LogP) is 2.67. The van der Waals surface area contributed by atoms with Gasteiger partial charge in [-0.25, -0.2) is 19.6 Å². The Morgan fingerprint density at radius 2 is 1.96 bits per heavy atom. The third-order valence-corrected chi connectivity index (χ3v) is 3.91. The van der Waals surface area contributed by atoms with E-state index in [4.69, 9.17) is 0 Å². The van der Waals surface area contributed by atoms with Crippen LogP contribution >= 0.6 is 0 Å². The molecule has 0 saturated carbocycles. The number of pyridine rings is 1. The average Bonchev–Trinajstić information content (AvgIpc) is 3.30. The smallest absolute Gasteiger partial charge is 0.321 e. The van der Waals surface area contributed by atoms with Crippen LogP contribution in [0.4, 0.5) is 18.9 Å². The Morgan fingerprint density at radius 3 is 2.71 bits per heavy atom. The Labute approximate surface area is 155 Å². The molecular formula is C17H12F3N7O. The molecule has 4 aromatic rings. The Hall–Kier alpha value is -3.76. The van der Waals surface area contributed by atoms with Crippen LogP contribution in [0, 0.1) is 0 Å². The zero-order valence-electron chi connectivity index (χ0n) is 14.1. The lowest BCUT2D eigenvalue weighted by Gasteiger charge is -2.13. The molecule has 0 aliphatic carbocycles. The van der Waals surface area contributed by atoms with Crippen molar-refractivity contribution in [2.24, 2.45) is 0 Å². The number of hydrogen-bond donors (Lipinski definition) is 1. The second-order valence-corrected chi connectivity index (χ2v) is 5.77. The molecule has 28 heavy (non-hydrogen) atoms. The number of carbonyl (C=O) groups excluding carboxylic acids is 1. The summed E-state index contributed by atoms with van der Waals surface area (Å²) < 4.78 is 42.3. The van der Waals surface area contributed by atoms with Crippen LogP contribution in [0.5, 0.6) is 0 Å². The molecular weight excluding hydrogens is 375 g/mol. The van der Waals surface area contributed by atoms with Gasteiger partial charge in [0.2, 0.25) is 11.7 Å². The predicted molar refractivity (Wildman–Crippen MR) is 92.5 cm³/mol. The largest absolute Gasteiger partial charge is 0.449 e. The number of rotatable bonds is 4. The highest BCUT2D eigenvalue weighted by Gasteiger charge is 2.38. The molecule has 0 atom stereocenters. The zero-order chi connectivity index (χ0) is 19.7. The van der Waals surface area contributed by atoms with Gasteiger partial charge in [-0.05, 0) is 24.3 Å². The van der Waals surface area contributed by atoms with Gasteiger partial charge in [-0.2, -0.15) is 18.3 Å². The van der Waals surface area contributed by atoms with Gasteiger partial charge in [0.05, 0.1) is 16.7 Å². The van der Waals surface area contributed by atoms with Crippen molar-refractivity contribution in [3.05, 3.63) is 61.1 Å². The van der Waals surface area contributed by atoms with Gasteiger partial charge < -0.3 is 9.88 Å². The Balaban J connectivity index is 1.66. The van der Waals surface area contributed by atoms with Gasteiger partial charge in [0.1, 0.15) is 19.2 Å². The molecule has 11 heteroatoms. The van der Waals surface area contributed by atoms with Gasteiger partial charge >= 0.3 is 6.18 Å². The van der Waals surface area contributed by atoms with Crippen molar-refractivity contribution < 1.29 is 18.0 Å². The van der Waals surface area contributed by atoms with E-state index in [1.54, 1.807) is 24.3 Å². The highest BCUT2D eigenvalue weighted by molar-refractivity contribution is 5.93. The molecule has 0 aliphatic rings. The molecule has 4 rings (SSSR count). The Kier molecular flexibility index (Phi) is 4.26. The normalized spacial score (nSPS) is 11.7. The van der Waals surface area contributed by atoms with Crippen molar-refractivity contribution in [2.45, 2.75) is 12.7 Å². The van der Waals surface area contributed by atoms with Gasteiger partial charge in [-0.15, -0.1) is 0 Å². The van der Waals surface area contributed by atoms with Gasteiger partial charge in [0.25, 0.3) is 0 Å². The molecule has 0 aliphatic heterocycles. The number of alkyl halides is 3. The van der Waals surface area contributed by atoms with Crippen LogP contribution in [0.1, 0.15) is 5.82 Å². The lowest BCUT2D eigenvalue weighted by Crippen LogP contribution is -2.24. The molecule has 0 fully saturated rings. The van der Waals surface area contributed by atoms with Crippen LogP contribution < -0.4 is 5.32 Å². The highest BCUT2D eigenvalue weighted by Crippen LogP contribution is 2.31. The van der Waals surface area contributed by atoms with E-state index in [0.717, 1.165) is 4.57 Å². The number of hydrogen-bond acceptors (Lipinski definition) is 5. The summed E-state index contributed by atoms with van der Waals surface area (Å²) in [6, 6.07) is 9.27. The SMILES string of the molecule is O=C(Cn1c(C(F)(F)F)nc2ccccc21)Nc1cccnc1-n1cncn1. The molecule has 0 bridgehead atoms. The fourth-order valence-electron chi connectivity index (χ4n) is 2.78. The maximum absolute atomic E-state index is 13.4. The first-order chi connectivity index (χ1) is 13.4. The van der Waals surface area contributed by atoms with Crippen molar-refractivity contribution in [3.63, 3.8) is 0 Å².